The first-order chi connectivity index (χ1) is 8.14. The summed E-state index contributed by atoms with van der Waals surface area (Å²) < 4.78 is 5.07. The van der Waals surface area contributed by atoms with E-state index in [2.05, 4.69) is 0 Å². The van der Waals surface area contributed by atoms with Crippen LogP contribution in [0.15, 0.2) is 0 Å². The fourth-order valence-corrected chi connectivity index (χ4v) is 2.03. The van der Waals surface area contributed by atoms with Crippen LogP contribution in [0.3, 0.4) is 0 Å². The van der Waals surface area contributed by atoms with Crippen molar-refractivity contribution >= 4 is 18.0 Å². The molecule has 1 aliphatic heterocycles. The van der Waals surface area contributed by atoms with Gasteiger partial charge in [-0.3, -0.25) is 4.79 Å². The molecule has 1 fully saturated rings. The number of amides is 2. The molecule has 1 aliphatic rings. The van der Waals surface area contributed by atoms with Gasteiger partial charge in [-0.15, -0.1) is 0 Å². The zero-order valence-electron chi connectivity index (χ0n) is 11.1. The highest BCUT2D eigenvalue weighted by Crippen LogP contribution is 2.34. The monoisotopic (exact) mass is 256 g/mol. The van der Waals surface area contributed by atoms with Crippen molar-refractivity contribution in [1.29, 1.82) is 0 Å². The molecule has 0 spiro atoms. The Balaban J connectivity index is 3.06. The van der Waals surface area contributed by atoms with Crippen LogP contribution in [-0.4, -0.2) is 34.0 Å². The maximum atomic E-state index is 11.9. The highest BCUT2D eigenvalue weighted by atomic mass is 16.6. The molecule has 0 aliphatic carbocycles. The van der Waals surface area contributed by atoms with Crippen LogP contribution in [0.25, 0.3) is 0 Å². The van der Waals surface area contributed by atoms with E-state index in [1.165, 1.54) is 0 Å². The number of nitrogens with zero attached hydrogens (tertiary/aromatic N) is 1. The molecule has 0 N–H and O–H groups in total. The first kappa shape index (κ1) is 14.5. The van der Waals surface area contributed by atoms with E-state index in [1.54, 1.807) is 27.7 Å². The van der Waals surface area contributed by atoms with E-state index in [9.17, 15) is 19.5 Å². The molecule has 0 aromatic heterocycles. The number of hydrogen-bond donors (Lipinski definition) is 0. The van der Waals surface area contributed by atoms with Crippen molar-refractivity contribution in [2.75, 3.05) is 0 Å². The molecule has 6 heteroatoms. The normalized spacial score (nSPS) is 24.2. The molecular formula is C12H18NO5-. The quantitative estimate of drug-likeness (QED) is 0.715. The summed E-state index contributed by atoms with van der Waals surface area (Å²) in [4.78, 5) is 35.6. The van der Waals surface area contributed by atoms with Crippen LogP contribution in [0.5, 0.6) is 0 Å². The van der Waals surface area contributed by atoms with Crippen LogP contribution in [-0.2, 0) is 14.3 Å². The number of aliphatic carboxylic acids is 1. The Labute approximate surface area is 106 Å². The largest absolute Gasteiger partial charge is 0.548 e. The highest BCUT2D eigenvalue weighted by Gasteiger charge is 2.50. The summed E-state index contributed by atoms with van der Waals surface area (Å²) in [6, 6.07) is 0. The van der Waals surface area contributed by atoms with E-state index in [1.807, 2.05) is 0 Å². The van der Waals surface area contributed by atoms with E-state index in [0.29, 0.717) is 4.90 Å². The van der Waals surface area contributed by atoms with E-state index >= 15 is 0 Å². The summed E-state index contributed by atoms with van der Waals surface area (Å²) in [7, 11) is 0. The number of carbonyl (C=O) groups excluding carboxylic acids is 3. The van der Waals surface area contributed by atoms with Gasteiger partial charge in [0.15, 0.2) is 0 Å². The number of imide groups is 1. The van der Waals surface area contributed by atoms with Gasteiger partial charge < -0.3 is 14.6 Å². The van der Waals surface area contributed by atoms with Crippen LogP contribution in [0.2, 0.25) is 0 Å². The maximum Gasteiger partial charge on any atom is 0.417 e. The van der Waals surface area contributed by atoms with Gasteiger partial charge in [0, 0.05) is 6.42 Å². The Bertz CT molecular complexity index is 384. The Morgan fingerprint density at radius 3 is 2.39 bits per heavy atom. The van der Waals surface area contributed by atoms with Crippen molar-refractivity contribution in [2.24, 2.45) is 0 Å². The van der Waals surface area contributed by atoms with Gasteiger partial charge in [0.2, 0.25) is 5.91 Å². The molecule has 0 aromatic rings. The number of rotatable bonds is 2. The summed E-state index contributed by atoms with van der Waals surface area (Å²) in [5.41, 5.74) is -2.36. The minimum atomic E-state index is -1.57. The second-order valence-electron chi connectivity index (χ2n) is 5.38. The van der Waals surface area contributed by atoms with Crippen molar-refractivity contribution in [3.05, 3.63) is 0 Å². The highest BCUT2D eigenvalue weighted by molar-refractivity contribution is 6.01. The van der Waals surface area contributed by atoms with Crippen LogP contribution < -0.4 is 5.11 Å². The lowest BCUT2D eigenvalue weighted by Gasteiger charge is -2.37. The number of carboxylic acid groups (broad SMARTS) is 1. The summed E-state index contributed by atoms with van der Waals surface area (Å²) >= 11 is 0. The summed E-state index contributed by atoms with van der Waals surface area (Å²) in [5.74, 6) is -1.95. The Kier molecular flexibility index (Phi) is 3.69. The fraction of sp³-hybridized carbons (Fsp3) is 0.750. The maximum absolute atomic E-state index is 11.9. The van der Waals surface area contributed by atoms with E-state index in [0.717, 1.165) is 0 Å². The summed E-state index contributed by atoms with van der Waals surface area (Å²) in [5, 5.41) is 11.3. The predicted molar refractivity (Wildman–Crippen MR) is 60.3 cm³/mol. The molecule has 0 saturated carbocycles. The third kappa shape index (κ3) is 2.47. The molecule has 1 atom stereocenters. The van der Waals surface area contributed by atoms with Gasteiger partial charge in [-0.25, -0.2) is 9.69 Å². The molecule has 2 amide bonds. The van der Waals surface area contributed by atoms with Crippen molar-refractivity contribution in [2.45, 2.75) is 58.1 Å². The molecule has 0 bridgehead atoms. The molecule has 6 nitrogen and oxygen atoms in total. The molecule has 0 unspecified atom stereocenters. The minimum absolute atomic E-state index is 0.0149. The first-order valence-corrected chi connectivity index (χ1v) is 5.91. The number of carboxylic acids is 1. The molecule has 1 rings (SSSR count). The van der Waals surface area contributed by atoms with Crippen molar-refractivity contribution in [3.8, 4) is 0 Å². The lowest BCUT2D eigenvalue weighted by Crippen LogP contribution is -2.60. The molecule has 0 aromatic carbocycles. The second-order valence-corrected chi connectivity index (χ2v) is 5.38. The number of likely N-dealkylation sites (tertiary alicyclic amines) is 1. The lowest BCUT2D eigenvalue weighted by molar-refractivity contribution is -0.317. The molecule has 0 radical (unpaired) electrons. The molecule has 18 heavy (non-hydrogen) atoms. The van der Waals surface area contributed by atoms with Crippen molar-refractivity contribution < 1.29 is 24.2 Å². The SMILES string of the molecule is CC[C@]1(C(=O)[O-])CCC(=O)N1C(=O)OC(C)(C)C. The lowest BCUT2D eigenvalue weighted by atomic mass is 9.93. The van der Waals surface area contributed by atoms with Gasteiger partial charge >= 0.3 is 6.09 Å². The zero-order valence-corrected chi connectivity index (χ0v) is 11.1. The summed E-state index contributed by atoms with van der Waals surface area (Å²) in [6.45, 7) is 6.56. The van der Waals surface area contributed by atoms with Crippen LogP contribution in [0.1, 0.15) is 47.0 Å². The Hall–Kier alpha value is -1.59. The average molecular weight is 256 g/mol. The van der Waals surface area contributed by atoms with Crippen LogP contribution in [0.4, 0.5) is 4.79 Å². The fourth-order valence-electron chi connectivity index (χ4n) is 2.03. The van der Waals surface area contributed by atoms with Gasteiger partial charge in [0.25, 0.3) is 0 Å². The van der Waals surface area contributed by atoms with Gasteiger partial charge in [-0.1, -0.05) is 6.92 Å². The molecule has 1 saturated heterocycles. The van der Waals surface area contributed by atoms with Crippen LogP contribution >= 0.6 is 0 Å². The van der Waals surface area contributed by atoms with Crippen molar-refractivity contribution in [1.82, 2.24) is 4.90 Å². The molecule has 102 valence electrons. The van der Waals surface area contributed by atoms with E-state index < -0.39 is 29.1 Å². The van der Waals surface area contributed by atoms with Gasteiger partial charge in [-0.05, 0) is 33.6 Å². The van der Waals surface area contributed by atoms with Gasteiger partial charge in [0.1, 0.15) is 5.60 Å². The molecular weight excluding hydrogens is 238 g/mol. The zero-order chi connectivity index (χ0) is 14.1. The third-order valence-electron chi connectivity index (χ3n) is 2.97. The average Bonchev–Trinajstić information content (AvgIpc) is 2.53. The number of hydrogen-bond acceptors (Lipinski definition) is 5. The van der Waals surface area contributed by atoms with E-state index in [4.69, 9.17) is 4.74 Å². The van der Waals surface area contributed by atoms with Crippen LogP contribution in [0, 0.1) is 0 Å². The third-order valence-corrected chi connectivity index (χ3v) is 2.97. The van der Waals surface area contributed by atoms with Gasteiger partial charge in [0.05, 0.1) is 11.5 Å². The Morgan fingerprint density at radius 1 is 1.44 bits per heavy atom. The standard InChI is InChI=1S/C12H19NO5/c1-5-12(9(15)16)7-6-8(14)13(12)10(17)18-11(2,3)4/h5-7H2,1-4H3,(H,15,16)/p-1/t12-/m1/s1. The molecule has 1 heterocycles. The summed E-state index contributed by atoms with van der Waals surface area (Å²) in [6.07, 6.45) is -0.721. The van der Waals surface area contributed by atoms with E-state index in [-0.39, 0.29) is 19.3 Å². The Morgan fingerprint density at radius 2 is 2.00 bits per heavy atom. The minimum Gasteiger partial charge on any atom is -0.548 e. The van der Waals surface area contributed by atoms with Crippen molar-refractivity contribution in [3.63, 3.8) is 0 Å². The first-order valence-electron chi connectivity index (χ1n) is 5.91. The number of ether oxygens (including phenoxy) is 1. The topological polar surface area (TPSA) is 86.7 Å². The predicted octanol–water partition coefficient (Wildman–Crippen LogP) is 0.443. The van der Waals surface area contributed by atoms with Gasteiger partial charge in [-0.2, -0.15) is 0 Å². The smallest absolute Gasteiger partial charge is 0.417 e. The second kappa shape index (κ2) is 4.59. The number of carbonyl (C=O) groups is 3.